The Kier molecular flexibility index (Phi) is 6.33. The predicted octanol–water partition coefficient (Wildman–Crippen LogP) is 4.01. The number of carbonyl (C=O) groups is 2. The molecule has 1 aromatic rings. The normalized spacial score (nSPS) is 21.5. The van der Waals surface area contributed by atoms with E-state index in [1.54, 1.807) is 27.7 Å². The molecule has 0 saturated heterocycles. The monoisotopic (exact) mass is 366 g/mol. The summed E-state index contributed by atoms with van der Waals surface area (Å²) in [6, 6.07) is 7.19. The van der Waals surface area contributed by atoms with Gasteiger partial charge >= 0.3 is 6.09 Å². The van der Waals surface area contributed by atoms with Crippen molar-refractivity contribution in [1.82, 2.24) is 10.6 Å². The Labute approximate surface area is 154 Å². The molecule has 2 N–H and O–H groups in total. The average molecular weight is 367 g/mol. The first-order valence-corrected chi connectivity index (χ1v) is 9.09. The van der Waals surface area contributed by atoms with Crippen molar-refractivity contribution in [2.45, 2.75) is 70.6 Å². The van der Waals surface area contributed by atoms with Crippen LogP contribution in [-0.4, -0.2) is 29.7 Å². The minimum Gasteiger partial charge on any atom is -0.444 e. The van der Waals surface area contributed by atoms with E-state index in [-0.39, 0.29) is 17.9 Å². The van der Waals surface area contributed by atoms with Gasteiger partial charge in [-0.2, -0.15) is 0 Å². The van der Waals surface area contributed by atoms with Crippen LogP contribution in [0, 0.1) is 0 Å². The number of alkyl carbamates (subject to hydrolysis) is 1. The first-order chi connectivity index (χ1) is 11.7. The van der Waals surface area contributed by atoms with Crippen LogP contribution in [0.4, 0.5) is 4.79 Å². The fraction of sp³-hybridized carbons (Fsp3) is 0.579. The third-order valence-corrected chi connectivity index (χ3v) is 4.52. The second kappa shape index (κ2) is 8.09. The maximum atomic E-state index is 12.4. The van der Waals surface area contributed by atoms with Gasteiger partial charge in [-0.05, 0) is 58.2 Å². The zero-order valence-electron chi connectivity index (χ0n) is 15.3. The standard InChI is InChI=1S/C19H27ClN2O3/c1-12(21-18(24)25-19(2,3)4)17(23)22-16-7-5-6-15(16)13-8-10-14(20)11-9-13/h8-12,15-16H,5-7H2,1-4H3,(H,21,24)(H,22,23)/t12-,15+,16+/m0/s1. The molecule has 2 amide bonds. The minimum atomic E-state index is -0.652. The van der Waals surface area contributed by atoms with Gasteiger partial charge in [-0.25, -0.2) is 4.79 Å². The molecule has 5 nitrogen and oxygen atoms in total. The van der Waals surface area contributed by atoms with Gasteiger partial charge in [0.15, 0.2) is 0 Å². The van der Waals surface area contributed by atoms with Gasteiger partial charge in [-0.1, -0.05) is 30.2 Å². The van der Waals surface area contributed by atoms with Gasteiger partial charge in [0.1, 0.15) is 11.6 Å². The van der Waals surface area contributed by atoms with Crippen LogP contribution in [0.25, 0.3) is 0 Å². The summed E-state index contributed by atoms with van der Waals surface area (Å²) in [6.07, 6.45) is 2.43. The molecule has 0 aliphatic heterocycles. The molecular formula is C19H27ClN2O3. The Bertz CT molecular complexity index is 610. The van der Waals surface area contributed by atoms with Crippen molar-refractivity contribution in [2.24, 2.45) is 0 Å². The lowest BCUT2D eigenvalue weighted by Gasteiger charge is -2.25. The maximum absolute atomic E-state index is 12.4. The molecular weight excluding hydrogens is 340 g/mol. The van der Waals surface area contributed by atoms with Gasteiger partial charge in [-0.3, -0.25) is 4.79 Å². The summed E-state index contributed by atoms with van der Waals surface area (Å²) < 4.78 is 5.19. The van der Waals surface area contributed by atoms with Crippen molar-refractivity contribution in [3.05, 3.63) is 34.9 Å². The maximum Gasteiger partial charge on any atom is 0.408 e. The van der Waals surface area contributed by atoms with Crippen molar-refractivity contribution in [3.63, 3.8) is 0 Å². The SMILES string of the molecule is C[C@H](NC(=O)OC(C)(C)C)C(=O)N[C@@H]1CCC[C@@H]1c1ccc(Cl)cc1. The highest BCUT2D eigenvalue weighted by Gasteiger charge is 2.31. The number of amides is 2. The lowest BCUT2D eigenvalue weighted by Crippen LogP contribution is -2.49. The lowest BCUT2D eigenvalue weighted by molar-refractivity contribution is -0.123. The van der Waals surface area contributed by atoms with Gasteiger partial charge in [0.25, 0.3) is 0 Å². The summed E-state index contributed by atoms with van der Waals surface area (Å²) in [4.78, 5) is 24.2. The lowest BCUT2D eigenvalue weighted by atomic mass is 9.94. The molecule has 25 heavy (non-hydrogen) atoms. The van der Waals surface area contributed by atoms with Crippen molar-refractivity contribution >= 4 is 23.6 Å². The summed E-state index contributed by atoms with van der Waals surface area (Å²) in [5, 5.41) is 6.36. The van der Waals surface area contributed by atoms with Gasteiger partial charge in [0, 0.05) is 17.0 Å². The summed E-state index contributed by atoms with van der Waals surface area (Å²) in [7, 11) is 0. The first kappa shape index (κ1) is 19.6. The second-order valence-corrected chi connectivity index (χ2v) is 8.01. The van der Waals surface area contributed by atoms with Crippen molar-refractivity contribution < 1.29 is 14.3 Å². The predicted molar refractivity (Wildman–Crippen MR) is 98.8 cm³/mol. The van der Waals surface area contributed by atoms with Crippen LogP contribution in [0.2, 0.25) is 5.02 Å². The van der Waals surface area contributed by atoms with E-state index in [1.165, 1.54) is 5.56 Å². The molecule has 0 radical (unpaired) electrons. The Balaban J connectivity index is 1.92. The van der Waals surface area contributed by atoms with E-state index < -0.39 is 17.7 Å². The fourth-order valence-electron chi connectivity index (χ4n) is 3.10. The van der Waals surface area contributed by atoms with Crippen LogP contribution in [-0.2, 0) is 9.53 Å². The molecule has 1 saturated carbocycles. The molecule has 1 aliphatic carbocycles. The van der Waals surface area contributed by atoms with Crippen LogP contribution in [0.3, 0.4) is 0 Å². The summed E-state index contributed by atoms with van der Waals surface area (Å²) in [5.74, 6) is 0.0756. The molecule has 6 heteroatoms. The molecule has 1 aliphatic rings. The Morgan fingerprint density at radius 1 is 1.20 bits per heavy atom. The molecule has 2 rings (SSSR count). The van der Waals surface area contributed by atoms with E-state index in [4.69, 9.17) is 16.3 Å². The molecule has 0 unspecified atom stereocenters. The Hall–Kier alpha value is -1.75. The number of hydrogen-bond donors (Lipinski definition) is 2. The van der Waals surface area contributed by atoms with Gasteiger partial charge in [0.2, 0.25) is 5.91 Å². The van der Waals surface area contributed by atoms with Crippen LogP contribution < -0.4 is 10.6 Å². The van der Waals surface area contributed by atoms with E-state index in [0.717, 1.165) is 19.3 Å². The Morgan fingerprint density at radius 2 is 1.84 bits per heavy atom. The highest BCUT2D eigenvalue weighted by molar-refractivity contribution is 6.30. The van der Waals surface area contributed by atoms with Crippen molar-refractivity contribution in [1.29, 1.82) is 0 Å². The quantitative estimate of drug-likeness (QED) is 0.846. The molecule has 0 bridgehead atoms. The largest absolute Gasteiger partial charge is 0.444 e. The van der Waals surface area contributed by atoms with E-state index in [2.05, 4.69) is 10.6 Å². The third kappa shape index (κ3) is 5.92. The van der Waals surface area contributed by atoms with Crippen molar-refractivity contribution in [2.75, 3.05) is 0 Å². The van der Waals surface area contributed by atoms with Crippen molar-refractivity contribution in [3.8, 4) is 0 Å². The number of benzene rings is 1. The number of nitrogens with one attached hydrogen (secondary N) is 2. The average Bonchev–Trinajstić information content (AvgIpc) is 2.94. The highest BCUT2D eigenvalue weighted by Crippen LogP contribution is 2.35. The first-order valence-electron chi connectivity index (χ1n) is 8.71. The number of halogens is 1. The van der Waals surface area contributed by atoms with E-state index in [0.29, 0.717) is 5.02 Å². The number of rotatable bonds is 4. The second-order valence-electron chi connectivity index (χ2n) is 7.57. The fourth-order valence-corrected chi connectivity index (χ4v) is 3.23. The third-order valence-electron chi connectivity index (χ3n) is 4.27. The molecule has 0 heterocycles. The van der Waals surface area contributed by atoms with Crippen LogP contribution in [0.1, 0.15) is 58.4 Å². The molecule has 0 aromatic heterocycles. The van der Waals surface area contributed by atoms with Crippen LogP contribution in [0.5, 0.6) is 0 Å². The summed E-state index contributed by atoms with van der Waals surface area (Å²) in [6.45, 7) is 7.01. The van der Waals surface area contributed by atoms with Gasteiger partial charge in [0.05, 0.1) is 0 Å². The van der Waals surface area contributed by atoms with E-state index >= 15 is 0 Å². The number of carbonyl (C=O) groups excluding carboxylic acids is 2. The highest BCUT2D eigenvalue weighted by atomic mass is 35.5. The van der Waals surface area contributed by atoms with Gasteiger partial charge < -0.3 is 15.4 Å². The number of ether oxygens (including phenoxy) is 1. The van der Waals surface area contributed by atoms with Gasteiger partial charge in [-0.15, -0.1) is 0 Å². The number of hydrogen-bond acceptors (Lipinski definition) is 3. The summed E-state index contributed by atoms with van der Waals surface area (Å²) >= 11 is 5.95. The zero-order valence-corrected chi connectivity index (χ0v) is 16.0. The minimum absolute atomic E-state index is 0.0663. The van der Waals surface area contributed by atoms with Crippen LogP contribution in [0.15, 0.2) is 24.3 Å². The zero-order chi connectivity index (χ0) is 18.6. The molecule has 138 valence electrons. The molecule has 1 fully saturated rings. The Morgan fingerprint density at radius 3 is 2.44 bits per heavy atom. The smallest absolute Gasteiger partial charge is 0.408 e. The summed E-state index contributed by atoms with van der Waals surface area (Å²) in [5.41, 5.74) is 0.589. The molecule has 0 spiro atoms. The topological polar surface area (TPSA) is 67.4 Å². The van der Waals surface area contributed by atoms with Crippen LogP contribution >= 0.6 is 11.6 Å². The molecule has 3 atom stereocenters. The van der Waals surface area contributed by atoms with E-state index in [9.17, 15) is 9.59 Å². The molecule has 1 aromatic carbocycles. The van der Waals surface area contributed by atoms with E-state index in [1.807, 2.05) is 24.3 Å².